The number of hydrogen-bond donors (Lipinski definition) is 2. The van der Waals surface area contributed by atoms with Crippen molar-refractivity contribution in [2.24, 2.45) is 0 Å². The van der Waals surface area contributed by atoms with Gasteiger partial charge in [0.2, 0.25) is 0 Å². The molecule has 0 spiro atoms. The van der Waals surface area contributed by atoms with Gasteiger partial charge in [0, 0.05) is 24.2 Å². The highest BCUT2D eigenvalue weighted by molar-refractivity contribution is 6.37. The maximum absolute atomic E-state index is 12.8. The Kier molecular flexibility index (Phi) is 7.63. The average Bonchev–Trinajstić information content (AvgIpc) is 2.90. The van der Waals surface area contributed by atoms with Crippen LogP contribution in [0.3, 0.4) is 0 Å². The Balaban J connectivity index is 0.000000201. The van der Waals surface area contributed by atoms with Gasteiger partial charge in [-0.3, -0.25) is 4.79 Å². The second-order valence-electron chi connectivity index (χ2n) is 7.56. The van der Waals surface area contributed by atoms with E-state index in [1.54, 1.807) is 37.3 Å². The van der Waals surface area contributed by atoms with Gasteiger partial charge in [-0.25, -0.2) is 0 Å². The Morgan fingerprint density at radius 2 is 1.57 bits per heavy atom. The molecular weight excluding hydrogens is 495 g/mol. The molecule has 2 aliphatic heterocycles. The second kappa shape index (κ2) is 10.8. The van der Waals surface area contributed by atoms with E-state index in [0.717, 1.165) is 30.3 Å². The third-order valence-electron chi connectivity index (χ3n) is 5.40. The van der Waals surface area contributed by atoms with Crippen molar-refractivity contribution in [2.75, 3.05) is 50.7 Å². The van der Waals surface area contributed by atoms with Crippen molar-refractivity contribution < 1.29 is 28.8 Å². The largest absolute Gasteiger partial charge is 0.505 e. The van der Waals surface area contributed by atoms with Crippen LogP contribution >= 0.6 is 23.2 Å². The van der Waals surface area contributed by atoms with Crippen LogP contribution in [0.2, 0.25) is 10.0 Å². The van der Waals surface area contributed by atoms with Crippen molar-refractivity contribution in [1.29, 1.82) is 0 Å². The van der Waals surface area contributed by atoms with Gasteiger partial charge in [0.1, 0.15) is 36.2 Å². The number of aromatic hydroxyl groups is 1. The van der Waals surface area contributed by atoms with Gasteiger partial charge in [-0.15, -0.1) is 0 Å². The number of nitrogens with zero attached hydrogens (tertiary/aromatic N) is 1. The van der Waals surface area contributed by atoms with E-state index < -0.39 is 0 Å². The fraction of sp³-hybridized carbons (Fsp3) is 0.240. The Morgan fingerprint density at radius 1 is 0.943 bits per heavy atom. The number of carbonyl (C=O) groups is 1. The minimum absolute atomic E-state index is 0.0278. The highest BCUT2D eigenvalue weighted by Gasteiger charge is 2.26. The number of phenolic OH excluding ortho intramolecular Hbond substituents is 1. The van der Waals surface area contributed by atoms with Gasteiger partial charge in [0.15, 0.2) is 5.75 Å². The zero-order valence-electron chi connectivity index (χ0n) is 19.1. The van der Waals surface area contributed by atoms with Crippen molar-refractivity contribution in [2.45, 2.75) is 0 Å². The van der Waals surface area contributed by atoms with Crippen LogP contribution < -0.4 is 29.2 Å². The number of fused-ring (bicyclic) bond motifs is 2. The first kappa shape index (κ1) is 24.6. The maximum atomic E-state index is 12.8. The number of benzene rings is 3. The number of hydrogen-bond acceptors (Lipinski definition) is 7. The number of rotatable bonds is 3. The summed E-state index contributed by atoms with van der Waals surface area (Å²) < 4.78 is 21.3. The van der Waals surface area contributed by atoms with Crippen LogP contribution in [-0.2, 0) is 0 Å². The van der Waals surface area contributed by atoms with Crippen LogP contribution in [0.15, 0.2) is 48.5 Å². The summed E-state index contributed by atoms with van der Waals surface area (Å²) in [6.45, 7) is 2.36. The molecule has 3 aromatic carbocycles. The molecular formula is C25H24Cl2N2O6. The number of ether oxygens (including phenoxy) is 4. The summed E-state index contributed by atoms with van der Waals surface area (Å²) in [5, 5.41) is 12.9. The van der Waals surface area contributed by atoms with E-state index in [1.165, 1.54) is 12.1 Å². The van der Waals surface area contributed by atoms with Crippen LogP contribution in [0, 0.1) is 0 Å². The summed E-state index contributed by atoms with van der Waals surface area (Å²) in [6, 6.07) is 13.8. The van der Waals surface area contributed by atoms with Crippen LogP contribution in [0.25, 0.3) is 0 Å². The molecule has 2 N–H and O–H groups in total. The second-order valence-corrected chi connectivity index (χ2v) is 8.38. The van der Waals surface area contributed by atoms with Crippen molar-refractivity contribution in [3.8, 4) is 28.7 Å². The third-order valence-corrected chi connectivity index (χ3v) is 5.98. The Bertz CT molecular complexity index is 1210. The normalized spacial score (nSPS) is 13.5. The van der Waals surface area contributed by atoms with E-state index in [-0.39, 0.29) is 27.3 Å². The monoisotopic (exact) mass is 518 g/mol. The lowest BCUT2D eigenvalue weighted by molar-refractivity contribution is 0.0976. The first-order valence-electron chi connectivity index (χ1n) is 10.8. The SMILES string of the molecule is COc1ccc2c(c1)N(C(=O)c1cc(Cl)c(O)c(Cl)c1)CCO2.COc1ccc2c(c1)NCCO2. The van der Waals surface area contributed by atoms with Gasteiger partial charge < -0.3 is 34.3 Å². The van der Waals surface area contributed by atoms with Gasteiger partial charge in [-0.2, -0.15) is 0 Å². The number of carbonyl (C=O) groups excluding carboxylic acids is 1. The predicted molar refractivity (Wildman–Crippen MR) is 135 cm³/mol. The predicted octanol–water partition coefficient (Wildman–Crippen LogP) is 5.25. The topological polar surface area (TPSA) is 89.5 Å². The van der Waals surface area contributed by atoms with E-state index in [4.69, 9.17) is 42.1 Å². The number of nitrogens with one attached hydrogen (secondary N) is 1. The van der Waals surface area contributed by atoms with Gasteiger partial charge in [0.25, 0.3) is 5.91 Å². The minimum Gasteiger partial charge on any atom is -0.505 e. The molecule has 184 valence electrons. The van der Waals surface area contributed by atoms with E-state index in [1.807, 2.05) is 18.2 Å². The molecule has 0 radical (unpaired) electrons. The van der Waals surface area contributed by atoms with Gasteiger partial charge in [-0.1, -0.05) is 23.2 Å². The molecule has 0 aromatic heterocycles. The maximum Gasteiger partial charge on any atom is 0.258 e. The summed E-state index contributed by atoms with van der Waals surface area (Å²) in [5.41, 5.74) is 1.91. The number of amides is 1. The molecule has 0 saturated carbocycles. The number of halogens is 2. The molecule has 0 bridgehead atoms. The summed E-state index contributed by atoms with van der Waals surface area (Å²) >= 11 is 11.8. The molecule has 1 amide bonds. The van der Waals surface area contributed by atoms with Crippen LogP contribution in [0.5, 0.6) is 28.7 Å². The molecule has 0 atom stereocenters. The number of methoxy groups -OCH3 is 2. The highest BCUT2D eigenvalue weighted by atomic mass is 35.5. The summed E-state index contributed by atoms with van der Waals surface area (Å²) in [4.78, 5) is 14.4. The van der Waals surface area contributed by atoms with Crippen molar-refractivity contribution in [1.82, 2.24) is 0 Å². The molecule has 0 saturated heterocycles. The zero-order chi connectivity index (χ0) is 24.9. The summed E-state index contributed by atoms with van der Waals surface area (Å²) in [5.74, 6) is 2.45. The minimum atomic E-state index is -0.286. The molecule has 35 heavy (non-hydrogen) atoms. The smallest absolute Gasteiger partial charge is 0.258 e. The van der Waals surface area contributed by atoms with Gasteiger partial charge in [0.05, 0.1) is 42.2 Å². The first-order chi connectivity index (χ1) is 16.9. The fourth-order valence-electron chi connectivity index (χ4n) is 3.63. The molecule has 2 aliphatic rings. The first-order valence-corrected chi connectivity index (χ1v) is 11.5. The Labute approximate surface area is 212 Å². The summed E-state index contributed by atoms with van der Waals surface area (Å²) in [6.07, 6.45) is 0. The van der Waals surface area contributed by atoms with Crippen molar-refractivity contribution >= 4 is 40.5 Å². The lowest BCUT2D eigenvalue weighted by atomic mass is 10.1. The quantitative estimate of drug-likeness (QED) is 0.489. The average molecular weight is 519 g/mol. The van der Waals surface area contributed by atoms with Crippen LogP contribution in [0.4, 0.5) is 11.4 Å². The molecule has 0 aliphatic carbocycles. The Hall–Kier alpha value is -3.49. The molecule has 3 aromatic rings. The van der Waals surface area contributed by atoms with Gasteiger partial charge >= 0.3 is 0 Å². The molecule has 0 fully saturated rings. The lowest BCUT2D eigenvalue weighted by Gasteiger charge is -2.30. The third kappa shape index (κ3) is 5.44. The Morgan fingerprint density at radius 3 is 2.26 bits per heavy atom. The standard InChI is InChI=1S/C16H13Cl2NO4.C9H11NO2/c1-22-10-2-3-14-13(8-10)19(4-5-23-14)16(21)9-6-11(17)15(20)12(18)7-9;1-11-7-2-3-9-8(6-7)10-4-5-12-9/h2-3,6-8,20H,4-5H2,1H3;2-3,6,10H,4-5H2,1H3. The van der Waals surface area contributed by atoms with Crippen molar-refractivity contribution in [3.63, 3.8) is 0 Å². The number of phenols is 1. The molecule has 8 nitrogen and oxygen atoms in total. The zero-order valence-corrected chi connectivity index (χ0v) is 20.7. The van der Waals surface area contributed by atoms with E-state index in [0.29, 0.717) is 30.3 Å². The van der Waals surface area contributed by atoms with Crippen molar-refractivity contribution in [3.05, 3.63) is 64.1 Å². The number of anilines is 2. The van der Waals surface area contributed by atoms with Crippen LogP contribution in [-0.4, -0.2) is 51.5 Å². The highest BCUT2D eigenvalue weighted by Crippen LogP contribution is 2.38. The van der Waals surface area contributed by atoms with E-state index >= 15 is 0 Å². The fourth-order valence-corrected chi connectivity index (χ4v) is 4.11. The molecule has 2 heterocycles. The van der Waals surface area contributed by atoms with E-state index in [9.17, 15) is 9.90 Å². The van der Waals surface area contributed by atoms with Crippen LogP contribution in [0.1, 0.15) is 10.4 Å². The molecule has 10 heteroatoms. The molecule has 0 unspecified atom stereocenters. The summed E-state index contributed by atoms with van der Waals surface area (Å²) in [7, 11) is 3.21. The van der Waals surface area contributed by atoms with E-state index in [2.05, 4.69) is 5.32 Å². The van der Waals surface area contributed by atoms with Gasteiger partial charge in [-0.05, 0) is 36.4 Å². The lowest BCUT2D eigenvalue weighted by Crippen LogP contribution is -2.38. The molecule has 5 rings (SSSR count).